The molecule has 0 unspecified atom stereocenters. The number of hydrogen-bond acceptors (Lipinski definition) is 5. The van der Waals surface area contributed by atoms with Crippen LogP contribution >= 0.6 is 0 Å². The van der Waals surface area contributed by atoms with Crippen LogP contribution in [-0.4, -0.2) is 11.7 Å². The summed E-state index contributed by atoms with van der Waals surface area (Å²) >= 11 is 0. The van der Waals surface area contributed by atoms with Crippen LogP contribution in [0.15, 0.2) is 144 Å². The Bertz CT molecular complexity index is 2690. The van der Waals surface area contributed by atoms with Gasteiger partial charge >= 0.3 is 6.01 Å². The Kier molecular flexibility index (Phi) is 9.47. The molecule has 6 aromatic carbocycles. The molecule has 6 heteroatoms. The van der Waals surface area contributed by atoms with Gasteiger partial charge in [0.15, 0.2) is 0 Å². The number of rotatable bonds is 5. The molecule has 2 aliphatic rings. The second kappa shape index (κ2) is 14.3. The van der Waals surface area contributed by atoms with Crippen molar-refractivity contribution in [2.45, 2.75) is 105 Å². The van der Waals surface area contributed by atoms with E-state index in [1.165, 1.54) is 38.9 Å². The van der Waals surface area contributed by atoms with Crippen LogP contribution < -0.4 is 31.2 Å². The fourth-order valence-corrected chi connectivity index (χ4v) is 8.89. The molecule has 0 atom stereocenters. The predicted octanol–water partition coefficient (Wildman–Crippen LogP) is 13.4. The van der Waals surface area contributed by atoms with Gasteiger partial charge in [0.2, 0.25) is 5.88 Å². The van der Waals surface area contributed by atoms with Gasteiger partial charge in [-0.1, -0.05) is 156 Å². The SMILES string of the molecule is CC(C)(C)c1ccc(N2c3ccc(C(C)(C)C)cc3B3c4nc(N(c5ccccc5)c5ccccc5)oc4N(c4ccc(C(C)(C)C)cc4)c4cc(C(C)(C)C)cc2c43)cc1. The van der Waals surface area contributed by atoms with Gasteiger partial charge in [-0.25, -0.2) is 4.98 Å². The maximum atomic E-state index is 7.32. The van der Waals surface area contributed by atoms with E-state index in [4.69, 9.17) is 9.40 Å². The van der Waals surface area contributed by atoms with E-state index in [2.05, 4.69) is 237 Å². The lowest BCUT2D eigenvalue weighted by molar-refractivity contribution is 0.571. The van der Waals surface area contributed by atoms with Crippen molar-refractivity contribution in [3.05, 3.63) is 162 Å². The number of oxazole rings is 1. The molecule has 0 fully saturated rings. The number of aromatic nitrogens is 1. The maximum absolute atomic E-state index is 7.32. The molecule has 2 aliphatic heterocycles. The fourth-order valence-electron chi connectivity index (χ4n) is 8.89. The summed E-state index contributed by atoms with van der Waals surface area (Å²) in [5.74, 6) is 0.736. The Hall–Kier alpha value is -6.01. The largest absolute Gasteiger partial charge is 0.407 e. The third-order valence-corrected chi connectivity index (χ3v) is 12.5. The van der Waals surface area contributed by atoms with Crippen LogP contribution in [0.25, 0.3) is 0 Å². The Morgan fingerprint density at radius 3 is 1.38 bits per heavy atom. The Morgan fingerprint density at radius 1 is 0.459 bits per heavy atom. The maximum Gasteiger partial charge on any atom is 0.307 e. The van der Waals surface area contributed by atoms with Gasteiger partial charge in [-0.3, -0.25) is 9.80 Å². The normalized spacial score (nSPS) is 13.8. The van der Waals surface area contributed by atoms with Crippen molar-refractivity contribution in [1.29, 1.82) is 0 Å². The molecule has 0 N–H and O–H groups in total. The van der Waals surface area contributed by atoms with Gasteiger partial charge in [0, 0.05) is 28.4 Å². The minimum atomic E-state index is -0.201. The molecule has 0 bridgehead atoms. The zero-order valence-electron chi connectivity index (χ0n) is 38.1. The first-order chi connectivity index (χ1) is 28.8. The van der Waals surface area contributed by atoms with Crippen LogP contribution in [0.1, 0.15) is 105 Å². The monoisotopic (exact) mass is 802 g/mol. The lowest BCUT2D eigenvalue weighted by Crippen LogP contribution is -2.62. The number of nitrogens with zero attached hydrogens (tertiary/aromatic N) is 4. The Balaban J connectivity index is 1.39. The Morgan fingerprint density at radius 2 is 0.902 bits per heavy atom. The lowest BCUT2D eigenvalue weighted by atomic mass is 9.35. The van der Waals surface area contributed by atoms with Crippen LogP contribution in [0.2, 0.25) is 0 Å². The number of para-hydroxylation sites is 2. The topological polar surface area (TPSA) is 35.8 Å². The average Bonchev–Trinajstić information content (AvgIpc) is 3.64. The fraction of sp³-hybridized carbons (Fsp3) is 0.291. The molecule has 0 spiro atoms. The van der Waals surface area contributed by atoms with Gasteiger partial charge in [0.05, 0.1) is 17.0 Å². The van der Waals surface area contributed by atoms with Crippen molar-refractivity contribution in [2.75, 3.05) is 14.7 Å². The molecule has 1 aromatic heterocycles. The summed E-state index contributed by atoms with van der Waals surface area (Å²) in [6, 6.07) is 51.6. The molecule has 308 valence electrons. The summed E-state index contributed by atoms with van der Waals surface area (Å²) in [6.45, 7) is 27.3. The molecule has 0 saturated carbocycles. The number of hydrogen-bond donors (Lipinski definition) is 0. The van der Waals surface area contributed by atoms with E-state index in [-0.39, 0.29) is 28.4 Å². The molecule has 7 aromatic rings. The van der Waals surface area contributed by atoms with Crippen LogP contribution in [0.4, 0.5) is 51.7 Å². The van der Waals surface area contributed by atoms with Crippen LogP contribution in [0, 0.1) is 0 Å². The quantitative estimate of drug-likeness (QED) is 0.162. The summed E-state index contributed by atoms with van der Waals surface area (Å²) in [6.07, 6.45) is 0. The minimum absolute atomic E-state index is 0.00475. The summed E-state index contributed by atoms with van der Waals surface area (Å²) < 4.78 is 7.32. The molecular weight excluding hydrogens is 743 g/mol. The second-order valence-electron chi connectivity index (χ2n) is 21.1. The highest BCUT2D eigenvalue weighted by Gasteiger charge is 2.48. The van der Waals surface area contributed by atoms with E-state index in [9.17, 15) is 0 Å². The first-order valence-electron chi connectivity index (χ1n) is 21.8. The van der Waals surface area contributed by atoms with Gasteiger partial charge in [0.1, 0.15) is 0 Å². The minimum Gasteiger partial charge on any atom is -0.407 e. The molecular formula is C55H59BN4O. The summed E-state index contributed by atoms with van der Waals surface area (Å²) in [5, 5.41) is 0. The van der Waals surface area contributed by atoms with Crippen molar-refractivity contribution >= 4 is 74.9 Å². The third-order valence-electron chi connectivity index (χ3n) is 12.5. The van der Waals surface area contributed by atoms with Crippen molar-refractivity contribution in [1.82, 2.24) is 4.98 Å². The standard InChI is InChI=1S/C55H59BN4O/c1-52(2,3)36-23-28-42(29-24-36)59-45-32-27-38(54(7,8)9)33-44(45)56-48-46(59)34-39(55(10,11)12)35-47(48)60(43-30-25-37(26-31-43)53(4,5)6)50-49(56)57-51(61-50)58(40-19-15-13-16-20-40)41-21-17-14-18-22-41/h13-35H,1-12H3. The number of benzene rings is 6. The highest BCUT2D eigenvalue weighted by molar-refractivity contribution is 6.99. The molecule has 3 heterocycles. The smallest absolute Gasteiger partial charge is 0.307 e. The zero-order chi connectivity index (χ0) is 43.2. The van der Waals surface area contributed by atoms with E-state index >= 15 is 0 Å². The van der Waals surface area contributed by atoms with E-state index in [1.54, 1.807) is 0 Å². The molecule has 0 amide bonds. The van der Waals surface area contributed by atoms with E-state index in [0.29, 0.717) is 6.01 Å². The first kappa shape index (κ1) is 40.4. The van der Waals surface area contributed by atoms with Crippen LogP contribution in [0.3, 0.4) is 0 Å². The highest BCUT2D eigenvalue weighted by atomic mass is 16.4. The van der Waals surface area contributed by atoms with Crippen LogP contribution in [0.5, 0.6) is 0 Å². The predicted molar refractivity (Wildman–Crippen MR) is 260 cm³/mol. The summed E-state index contributed by atoms with van der Waals surface area (Å²) in [7, 11) is 0. The van der Waals surface area contributed by atoms with E-state index < -0.39 is 0 Å². The first-order valence-corrected chi connectivity index (χ1v) is 21.8. The molecule has 0 aliphatic carbocycles. The van der Waals surface area contributed by atoms with Gasteiger partial charge in [-0.15, -0.1) is 0 Å². The second-order valence-corrected chi connectivity index (χ2v) is 21.1. The van der Waals surface area contributed by atoms with Crippen molar-refractivity contribution in [2.24, 2.45) is 0 Å². The van der Waals surface area contributed by atoms with E-state index in [0.717, 1.165) is 45.6 Å². The number of fused-ring (bicyclic) bond motifs is 4. The third kappa shape index (κ3) is 7.14. The molecule has 0 radical (unpaired) electrons. The van der Waals surface area contributed by atoms with Gasteiger partial charge in [0.25, 0.3) is 6.71 Å². The molecule has 9 rings (SSSR count). The summed E-state index contributed by atoms with van der Waals surface area (Å²) in [5.41, 5.74) is 15.9. The number of anilines is 9. The van der Waals surface area contributed by atoms with Crippen molar-refractivity contribution in [3.8, 4) is 0 Å². The summed E-state index contributed by atoms with van der Waals surface area (Å²) in [4.78, 5) is 12.7. The van der Waals surface area contributed by atoms with Crippen molar-refractivity contribution in [3.63, 3.8) is 0 Å². The molecule has 61 heavy (non-hydrogen) atoms. The van der Waals surface area contributed by atoms with Crippen molar-refractivity contribution < 1.29 is 4.42 Å². The molecule has 5 nitrogen and oxygen atoms in total. The Labute approximate surface area is 364 Å². The zero-order valence-corrected chi connectivity index (χ0v) is 38.1. The lowest BCUT2D eigenvalue weighted by Gasteiger charge is -2.43. The van der Waals surface area contributed by atoms with Gasteiger partial charge in [-0.2, -0.15) is 0 Å². The van der Waals surface area contributed by atoms with Gasteiger partial charge < -0.3 is 9.32 Å². The highest BCUT2D eigenvalue weighted by Crippen LogP contribution is 2.48. The van der Waals surface area contributed by atoms with Gasteiger partial charge in [-0.05, 0) is 122 Å². The average molecular weight is 803 g/mol. The van der Waals surface area contributed by atoms with E-state index in [1.807, 2.05) is 0 Å². The molecule has 0 saturated heterocycles. The van der Waals surface area contributed by atoms with Crippen LogP contribution in [-0.2, 0) is 21.7 Å².